The number of piperazine rings is 1. The van der Waals surface area contributed by atoms with Crippen LogP contribution in [0.2, 0.25) is 0 Å². The highest BCUT2D eigenvalue weighted by molar-refractivity contribution is 6.02. The van der Waals surface area contributed by atoms with Crippen molar-refractivity contribution in [3.05, 3.63) is 60.1 Å². The molecule has 4 aliphatic heterocycles. The predicted molar refractivity (Wildman–Crippen MR) is 171 cm³/mol. The van der Waals surface area contributed by atoms with Crippen molar-refractivity contribution in [1.29, 1.82) is 0 Å². The second-order valence-electron chi connectivity index (χ2n) is 13.0. The van der Waals surface area contributed by atoms with Crippen LogP contribution in [0.4, 0.5) is 10.2 Å². The van der Waals surface area contributed by atoms with E-state index < -0.39 is 5.82 Å². The molecule has 4 atom stereocenters. The van der Waals surface area contributed by atoms with Crippen LogP contribution < -0.4 is 15.0 Å². The highest BCUT2D eigenvalue weighted by Gasteiger charge is 2.50. The van der Waals surface area contributed by atoms with E-state index in [1.165, 1.54) is 6.07 Å². The minimum atomic E-state index is -0.618. The number of nitrogens with one attached hydrogen (secondary N) is 1. The fourth-order valence-corrected chi connectivity index (χ4v) is 8.03. The zero-order chi connectivity index (χ0) is 30.9. The first kappa shape index (κ1) is 28.2. The van der Waals surface area contributed by atoms with Crippen molar-refractivity contribution in [2.45, 2.75) is 49.4 Å². The molecule has 2 aromatic carbocycles. The lowest BCUT2D eigenvalue weighted by Crippen LogP contribution is -2.51. The number of rotatable bonds is 6. The lowest BCUT2D eigenvalue weighted by atomic mass is 9.93. The van der Waals surface area contributed by atoms with Crippen molar-refractivity contribution >= 4 is 27.5 Å². The van der Waals surface area contributed by atoms with Gasteiger partial charge in [0.25, 0.3) is 0 Å². The summed E-state index contributed by atoms with van der Waals surface area (Å²) in [5, 5.41) is 16.1. The number of phenols is 1. The fourth-order valence-electron chi connectivity index (χ4n) is 8.03. The predicted octanol–water partition coefficient (Wildman–Crippen LogP) is 4.41. The van der Waals surface area contributed by atoms with E-state index in [0.29, 0.717) is 51.8 Å². The number of halogens is 1. The number of hydrogen-bond donors (Lipinski definition) is 2. The maximum absolute atomic E-state index is 16.8. The number of nitrogens with zero attached hydrogens (tertiary/aromatic N) is 5. The molecule has 9 nitrogen and oxygen atoms in total. The Kier molecular flexibility index (Phi) is 6.68. The Balaban J connectivity index is 1.25. The number of aromatic hydroxyl groups is 1. The number of aromatic nitrogens is 3. The van der Waals surface area contributed by atoms with Gasteiger partial charge in [0.2, 0.25) is 0 Å². The molecule has 2 bridgehead atoms. The second kappa shape index (κ2) is 10.7. The molecule has 0 unspecified atom stereocenters. The highest BCUT2D eigenvalue weighted by atomic mass is 19.1. The summed E-state index contributed by atoms with van der Waals surface area (Å²) < 4.78 is 29.0. The zero-order valence-electron chi connectivity index (χ0n) is 25.2. The standard InChI is InChI=1S/C35H35FN6O3/c1-4-21-6-5-7-22-10-25(43)11-27(29(21)22)31-30(36)32-28(14-37-31)33(41-16-23-8-9-24(17-41)38-23)40-34(39-32)45-19-35-12-20(2)15-42(35)18-26(13-35)44-3/h1,5-7,10-11,14,23-24,26,38,43H,2,8-9,12-13,15-19H2,3H3/t23-,24+,26-,35-/m0/s1. The van der Waals surface area contributed by atoms with Gasteiger partial charge >= 0.3 is 6.01 Å². The Bertz CT molecular complexity index is 1900. The number of methoxy groups -OCH3 is 1. The van der Waals surface area contributed by atoms with Gasteiger partial charge in [-0.1, -0.05) is 30.2 Å². The molecule has 45 heavy (non-hydrogen) atoms. The molecule has 4 aliphatic rings. The Labute approximate surface area is 261 Å². The molecule has 230 valence electrons. The van der Waals surface area contributed by atoms with Gasteiger partial charge < -0.3 is 24.8 Å². The molecule has 4 fully saturated rings. The van der Waals surface area contributed by atoms with E-state index in [1.807, 2.05) is 12.1 Å². The van der Waals surface area contributed by atoms with Crippen molar-refractivity contribution in [1.82, 2.24) is 25.2 Å². The first-order valence-corrected chi connectivity index (χ1v) is 15.5. The summed E-state index contributed by atoms with van der Waals surface area (Å²) in [6, 6.07) is 9.37. The van der Waals surface area contributed by atoms with Gasteiger partial charge in [0.1, 0.15) is 29.4 Å². The highest BCUT2D eigenvalue weighted by Crippen LogP contribution is 2.43. The van der Waals surface area contributed by atoms with Crippen LogP contribution in [-0.2, 0) is 4.74 Å². The van der Waals surface area contributed by atoms with E-state index >= 15 is 4.39 Å². The maximum Gasteiger partial charge on any atom is 0.319 e. The van der Waals surface area contributed by atoms with Crippen LogP contribution in [0.1, 0.15) is 31.2 Å². The third-order valence-electron chi connectivity index (χ3n) is 10.0. The summed E-state index contributed by atoms with van der Waals surface area (Å²) >= 11 is 0. The minimum Gasteiger partial charge on any atom is -0.508 e. The van der Waals surface area contributed by atoms with Gasteiger partial charge in [-0.25, -0.2) is 4.39 Å². The van der Waals surface area contributed by atoms with Crippen molar-refractivity contribution in [2.75, 3.05) is 44.8 Å². The minimum absolute atomic E-state index is 0.00968. The van der Waals surface area contributed by atoms with Gasteiger partial charge in [-0.15, -0.1) is 6.42 Å². The topological polar surface area (TPSA) is 95.9 Å². The lowest BCUT2D eigenvalue weighted by Gasteiger charge is -2.34. The number of anilines is 1. The van der Waals surface area contributed by atoms with Gasteiger partial charge in [0.15, 0.2) is 5.82 Å². The number of pyridine rings is 1. The summed E-state index contributed by atoms with van der Waals surface area (Å²) in [6.07, 6.45) is 11.4. The SMILES string of the molecule is C#Cc1cccc2cc(O)cc(-c3ncc4c(N5C[C@H]6CC[C@@H](C5)N6)nc(OC[C@@]56CC(=C)CN5C[C@@H](OC)C6)nc4c3F)c12. The monoisotopic (exact) mass is 606 g/mol. The lowest BCUT2D eigenvalue weighted by molar-refractivity contribution is 0.101. The van der Waals surface area contributed by atoms with Crippen LogP contribution in [0.15, 0.2) is 48.7 Å². The first-order valence-electron chi connectivity index (χ1n) is 15.5. The maximum atomic E-state index is 16.8. The molecule has 0 radical (unpaired) electrons. The summed E-state index contributed by atoms with van der Waals surface area (Å²) in [5.41, 5.74) is 2.05. The third kappa shape index (κ3) is 4.69. The van der Waals surface area contributed by atoms with Crippen LogP contribution in [0.5, 0.6) is 11.8 Å². The van der Waals surface area contributed by atoms with Crippen molar-refractivity contribution < 1.29 is 19.0 Å². The molecule has 0 aliphatic carbocycles. The summed E-state index contributed by atoms with van der Waals surface area (Å²) in [4.78, 5) is 18.8. The average Bonchev–Trinajstić information content (AvgIpc) is 3.66. The quantitative estimate of drug-likeness (QED) is 0.245. The van der Waals surface area contributed by atoms with E-state index in [1.54, 1.807) is 25.4 Å². The number of ether oxygens (including phenoxy) is 2. The molecule has 4 saturated heterocycles. The van der Waals surface area contributed by atoms with Crippen LogP contribution in [0.25, 0.3) is 32.9 Å². The number of phenolic OH excluding ortho intramolecular Hbond substituents is 1. The number of fused-ring (bicyclic) bond motifs is 5. The van der Waals surface area contributed by atoms with Crippen LogP contribution in [-0.4, -0.2) is 88.6 Å². The summed E-state index contributed by atoms with van der Waals surface area (Å²) in [6.45, 7) is 7.70. The molecule has 6 heterocycles. The van der Waals surface area contributed by atoms with E-state index in [4.69, 9.17) is 20.9 Å². The molecular weight excluding hydrogens is 571 g/mol. The molecule has 10 heteroatoms. The Morgan fingerprint density at radius 3 is 2.80 bits per heavy atom. The van der Waals surface area contributed by atoms with E-state index in [0.717, 1.165) is 57.4 Å². The van der Waals surface area contributed by atoms with Gasteiger partial charge in [-0.05, 0) is 49.3 Å². The normalized spacial score (nSPS) is 26.1. The number of terminal acetylenes is 1. The van der Waals surface area contributed by atoms with Crippen molar-refractivity contribution in [2.24, 2.45) is 0 Å². The van der Waals surface area contributed by atoms with Crippen LogP contribution >= 0.6 is 0 Å². The molecule has 0 saturated carbocycles. The Hall–Kier alpha value is -4.30. The molecule has 0 amide bonds. The molecular formula is C35H35FN6O3. The van der Waals surface area contributed by atoms with Gasteiger partial charge in [0.05, 0.1) is 17.0 Å². The van der Waals surface area contributed by atoms with Crippen LogP contribution in [0, 0.1) is 18.2 Å². The van der Waals surface area contributed by atoms with Gasteiger partial charge in [0, 0.05) is 68.1 Å². The summed E-state index contributed by atoms with van der Waals surface area (Å²) in [7, 11) is 1.74. The van der Waals surface area contributed by atoms with Gasteiger partial charge in [-0.2, -0.15) is 9.97 Å². The largest absolute Gasteiger partial charge is 0.508 e. The Morgan fingerprint density at radius 2 is 2.02 bits per heavy atom. The third-order valence-corrected chi connectivity index (χ3v) is 10.0. The molecule has 4 aromatic rings. The van der Waals surface area contributed by atoms with Crippen molar-refractivity contribution in [3.63, 3.8) is 0 Å². The van der Waals surface area contributed by atoms with E-state index in [9.17, 15) is 5.11 Å². The van der Waals surface area contributed by atoms with E-state index in [2.05, 4.69) is 37.6 Å². The van der Waals surface area contributed by atoms with Crippen LogP contribution in [0.3, 0.4) is 0 Å². The average molecular weight is 607 g/mol. The number of hydrogen-bond acceptors (Lipinski definition) is 9. The van der Waals surface area contributed by atoms with Gasteiger partial charge in [-0.3, -0.25) is 9.88 Å². The molecule has 2 N–H and O–H groups in total. The first-order chi connectivity index (χ1) is 21.8. The van der Waals surface area contributed by atoms with E-state index in [-0.39, 0.29) is 34.6 Å². The fraction of sp³-hybridized carbons (Fsp3) is 0.400. The van der Waals surface area contributed by atoms with Crippen molar-refractivity contribution in [3.8, 4) is 35.4 Å². The molecule has 2 aromatic heterocycles. The molecule has 0 spiro atoms. The number of benzene rings is 2. The zero-order valence-corrected chi connectivity index (χ0v) is 25.2. The Morgan fingerprint density at radius 1 is 1.20 bits per heavy atom. The smallest absolute Gasteiger partial charge is 0.319 e. The summed E-state index contributed by atoms with van der Waals surface area (Å²) in [5.74, 6) is 2.68. The molecule has 8 rings (SSSR count). The second-order valence-corrected chi connectivity index (χ2v) is 13.0.